The van der Waals surface area contributed by atoms with Crippen molar-refractivity contribution < 1.29 is 22.7 Å². The molecular weight excluding hydrogens is 380 g/mol. The topological polar surface area (TPSA) is 92.8 Å². The molecule has 146 valence electrons. The highest BCUT2D eigenvalue weighted by Crippen LogP contribution is 2.24. The van der Waals surface area contributed by atoms with E-state index < -0.39 is 28.0 Å². The number of ether oxygens (including phenoxy) is 1. The van der Waals surface area contributed by atoms with Crippen LogP contribution in [0.4, 0.5) is 0 Å². The van der Waals surface area contributed by atoms with E-state index in [2.05, 4.69) is 5.32 Å². The molecule has 0 aliphatic heterocycles. The van der Waals surface area contributed by atoms with Crippen molar-refractivity contribution in [2.45, 2.75) is 51.2 Å². The molecule has 0 spiro atoms. The van der Waals surface area contributed by atoms with Crippen molar-refractivity contribution in [1.82, 2.24) is 9.62 Å². The van der Waals surface area contributed by atoms with E-state index in [1.807, 2.05) is 6.92 Å². The molecular formula is C17H25ClN2O5S. The summed E-state index contributed by atoms with van der Waals surface area (Å²) in [4.78, 5) is 24.1. The summed E-state index contributed by atoms with van der Waals surface area (Å²) in [5, 5.41) is 2.66. The van der Waals surface area contributed by atoms with Gasteiger partial charge in [0.2, 0.25) is 10.0 Å². The van der Waals surface area contributed by atoms with Crippen LogP contribution in [0.5, 0.6) is 0 Å². The predicted octanol–water partition coefficient (Wildman–Crippen LogP) is 2.44. The smallest absolute Gasteiger partial charge is 0.340 e. The quantitative estimate of drug-likeness (QED) is 0.672. The standard InChI is InChI=1S/C17H25ClN2O5S/c1-6-9-19-16(21)12(4)25-17(22)14-10-13(7-8-15(14)18)26(23,24)20(5)11(2)3/h7-8,10-12H,6,9H2,1-5H3,(H,19,21)/t12-/m1/s1. The normalized spacial score (nSPS) is 12.9. The summed E-state index contributed by atoms with van der Waals surface area (Å²) in [6.07, 6.45) is -0.273. The van der Waals surface area contributed by atoms with Crippen molar-refractivity contribution >= 4 is 33.5 Å². The lowest BCUT2D eigenvalue weighted by molar-refractivity contribution is -0.129. The number of carbonyl (C=O) groups is 2. The van der Waals surface area contributed by atoms with Crippen molar-refractivity contribution in [2.24, 2.45) is 0 Å². The molecule has 1 aromatic rings. The zero-order valence-corrected chi connectivity index (χ0v) is 17.1. The van der Waals surface area contributed by atoms with Crippen LogP contribution in [0.3, 0.4) is 0 Å². The van der Waals surface area contributed by atoms with Gasteiger partial charge in [0.05, 0.1) is 15.5 Å². The predicted molar refractivity (Wildman–Crippen MR) is 99.7 cm³/mol. The van der Waals surface area contributed by atoms with Gasteiger partial charge in [0.15, 0.2) is 6.10 Å². The fourth-order valence-electron chi connectivity index (χ4n) is 1.93. The van der Waals surface area contributed by atoms with Gasteiger partial charge in [-0.3, -0.25) is 4.79 Å². The average Bonchev–Trinajstić information content (AvgIpc) is 2.58. The number of carbonyl (C=O) groups excluding carboxylic acids is 2. The van der Waals surface area contributed by atoms with Gasteiger partial charge in [-0.1, -0.05) is 18.5 Å². The summed E-state index contributed by atoms with van der Waals surface area (Å²) in [5.74, 6) is -1.29. The largest absolute Gasteiger partial charge is 0.449 e. The maximum absolute atomic E-state index is 12.6. The molecule has 0 saturated carbocycles. The van der Waals surface area contributed by atoms with Gasteiger partial charge in [-0.15, -0.1) is 0 Å². The molecule has 0 aliphatic carbocycles. The van der Waals surface area contributed by atoms with E-state index in [0.717, 1.165) is 12.5 Å². The zero-order valence-electron chi connectivity index (χ0n) is 15.6. The van der Waals surface area contributed by atoms with Gasteiger partial charge in [-0.25, -0.2) is 13.2 Å². The highest BCUT2D eigenvalue weighted by atomic mass is 35.5. The first-order chi connectivity index (χ1) is 12.0. The minimum Gasteiger partial charge on any atom is -0.449 e. The fourth-order valence-corrected chi connectivity index (χ4v) is 3.52. The van der Waals surface area contributed by atoms with Crippen molar-refractivity contribution in [3.8, 4) is 0 Å². The highest BCUT2D eigenvalue weighted by molar-refractivity contribution is 7.89. The van der Waals surface area contributed by atoms with Crippen LogP contribution in [-0.4, -0.2) is 50.3 Å². The van der Waals surface area contributed by atoms with Crippen LogP contribution >= 0.6 is 11.6 Å². The Morgan fingerprint density at radius 3 is 2.42 bits per heavy atom. The Morgan fingerprint density at radius 2 is 1.88 bits per heavy atom. The fraction of sp³-hybridized carbons (Fsp3) is 0.529. The third-order valence-corrected chi connectivity index (χ3v) is 6.12. The first-order valence-electron chi connectivity index (χ1n) is 8.28. The summed E-state index contributed by atoms with van der Waals surface area (Å²) in [5.41, 5.74) is -0.111. The Hall–Kier alpha value is -1.64. The Kier molecular flexibility index (Phi) is 8.05. The average molecular weight is 405 g/mol. The Morgan fingerprint density at radius 1 is 1.27 bits per heavy atom. The van der Waals surface area contributed by atoms with Crippen LogP contribution < -0.4 is 5.32 Å². The zero-order chi connectivity index (χ0) is 20.1. The molecule has 0 fully saturated rings. The summed E-state index contributed by atoms with van der Waals surface area (Å²) in [7, 11) is -2.33. The molecule has 9 heteroatoms. The molecule has 0 unspecified atom stereocenters. The molecule has 0 bridgehead atoms. The highest BCUT2D eigenvalue weighted by Gasteiger charge is 2.26. The lowest BCUT2D eigenvalue weighted by Crippen LogP contribution is -2.36. The van der Waals surface area contributed by atoms with Crippen LogP contribution in [0.1, 0.15) is 44.5 Å². The summed E-state index contributed by atoms with van der Waals surface area (Å²) in [6.45, 7) is 7.27. The molecule has 1 aromatic carbocycles. The van der Waals surface area contributed by atoms with E-state index in [1.165, 1.54) is 30.4 Å². The maximum atomic E-state index is 12.6. The lowest BCUT2D eigenvalue weighted by atomic mass is 10.2. The minimum atomic E-state index is -3.78. The van der Waals surface area contributed by atoms with E-state index >= 15 is 0 Å². The first-order valence-corrected chi connectivity index (χ1v) is 10.1. The molecule has 0 saturated heterocycles. The molecule has 0 heterocycles. The SMILES string of the molecule is CCCNC(=O)[C@@H](C)OC(=O)c1cc(S(=O)(=O)N(C)C(C)C)ccc1Cl. The summed E-state index contributed by atoms with van der Waals surface area (Å²) < 4.78 is 31.4. The van der Waals surface area contributed by atoms with Crippen molar-refractivity contribution in [2.75, 3.05) is 13.6 Å². The van der Waals surface area contributed by atoms with Crippen LogP contribution in [0, 0.1) is 0 Å². The second-order valence-electron chi connectivity index (χ2n) is 6.10. The van der Waals surface area contributed by atoms with Gasteiger partial charge in [0, 0.05) is 19.6 Å². The van der Waals surface area contributed by atoms with Gasteiger partial charge < -0.3 is 10.1 Å². The second kappa shape index (κ2) is 9.34. The van der Waals surface area contributed by atoms with E-state index in [4.69, 9.17) is 16.3 Å². The number of hydrogen-bond donors (Lipinski definition) is 1. The van der Waals surface area contributed by atoms with Crippen LogP contribution in [0.2, 0.25) is 5.02 Å². The van der Waals surface area contributed by atoms with E-state index in [1.54, 1.807) is 13.8 Å². The molecule has 1 N–H and O–H groups in total. The maximum Gasteiger partial charge on any atom is 0.340 e. The van der Waals surface area contributed by atoms with Gasteiger partial charge in [-0.05, 0) is 45.4 Å². The number of amides is 1. The molecule has 1 amide bonds. The summed E-state index contributed by atoms with van der Waals surface area (Å²) in [6, 6.07) is 3.55. The van der Waals surface area contributed by atoms with E-state index in [0.29, 0.717) is 6.54 Å². The number of nitrogens with zero attached hydrogens (tertiary/aromatic N) is 1. The number of halogens is 1. The van der Waals surface area contributed by atoms with E-state index in [-0.39, 0.29) is 21.5 Å². The number of sulfonamides is 1. The number of esters is 1. The van der Waals surface area contributed by atoms with Gasteiger partial charge >= 0.3 is 5.97 Å². The second-order valence-corrected chi connectivity index (χ2v) is 8.50. The molecule has 1 atom stereocenters. The minimum absolute atomic E-state index is 0.0438. The third kappa shape index (κ3) is 5.43. The van der Waals surface area contributed by atoms with Crippen molar-refractivity contribution in [1.29, 1.82) is 0 Å². The van der Waals surface area contributed by atoms with Crippen molar-refractivity contribution in [3.05, 3.63) is 28.8 Å². The number of nitrogens with one attached hydrogen (secondary N) is 1. The first kappa shape index (κ1) is 22.4. The molecule has 0 radical (unpaired) electrons. The van der Waals surface area contributed by atoms with Crippen LogP contribution in [-0.2, 0) is 19.6 Å². The molecule has 7 nitrogen and oxygen atoms in total. The summed E-state index contributed by atoms with van der Waals surface area (Å²) >= 11 is 6.02. The number of rotatable bonds is 8. The number of hydrogen-bond acceptors (Lipinski definition) is 5. The van der Waals surface area contributed by atoms with Gasteiger partial charge in [0.25, 0.3) is 5.91 Å². The van der Waals surface area contributed by atoms with Crippen LogP contribution in [0.25, 0.3) is 0 Å². The van der Waals surface area contributed by atoms with Crippen molar-refractivity contribution in [3.63, 3.8) is 0 Å². The van der Waals surface area contributed by atoms with E-state index in [9.17, 15) is 18.0 Å². The molecule has 26 heavy (non-hydrogen) atoms. The third-order valence-electron chi connectivity index (χ3n) is 3.76. The molecule has 0 aromatic heterocycles. The van der Waals surface area contributed by atoms with Gasteiger partial charge in [0.1, 0.15) is 0 Å². The Labute approximate surface area is 159 Å². The Bertz CT molecular complexity index is 764. The number of benzene rings is 1. The molecule has 1 rings (SSSR count). The lowest BCUT2D eigenvalue weighted by Gasteiger charge is -2.21. The monoisotopic (exact) mass is 404 g/mol. The van der Waals surface area contributed by atoms with Gasteiger partial charge in [-0.2, -0.15) is 4.31 Å². The molecule has 0 aliphatic rings. The van der Waals surface area contributed by atoms with Crippen LogP contribution in [0.15, 0.2) is 23.1 Å². The Balaban J connectivity index is 3.07.